The predicted octanol–water partition coefficient (Wildman–Crippen LogP) is 4.32. The standard InChI is InChI=1S/C22H25N3O2/c1-14(2)12-22(27)18-7-5-6-17(24-18)21(26)11-9-16-8-10-20-19(13-16)23-15(3)25(20)4/h5-8,10,13-14H,9,11-12H2,1-4H3. The van der Waals surface area contributed by atoms with Crippen molar-refractivity contribution in [1.29, 1.82) is 0 Å². The number of carbonyl (C=O) groups excluding carboxylic acids is 2. The number of nitrogens with zero attached hydrogens (tertiary/aromatic N) is 3. The average Bonchev–Trinajstić information content (AvgIpc) is 2.92. The van der Waals surface area contributed by atoms with Crippen LogP contribution in [0.3, 0.4) is 0 Å². The minimum absolute atomic E-state index is 0.0179. The van der Waals surface area contributed by atoms with Crippen LogP contribution in [0.4, 0.5) is 0 Å². The molecule has 0 aliphatic rings. The van der Waals surface area contributed by atoms with Gasteiger partial charge in [-0.3, -0.25) is 9.59 Å². The summed E-state index contributed by atoms with van der Waals surface area (Å²) < 4.78 is 2.05. The quantitative estimate of drug-likeness (QED) is 0.586. The second kappa shape index (κ2) is 7.82. The molecular weight excluding hydrogens is 338 g/mol. The third-order valence-electron chi connectivity index (χ3n) is 4.72. The smallest absolute Gasteiger partial charge is 0.181 e. The molecule has 0 radical (unpaired) electrons. The van der Waals surface area contributed by atoms with E-state index in [2.05, 4.69) is 9.97 Å². The molecule has 5 nitrogen and oxygen atoms in total. The van der Waals surface area contributed by atoms with E-state index in [4.69, 9.17) is 0 Å². The first-order valence-corrected chi connectivity index (χ1v) is 9.30. The highest BCUT2D eigenvalue weighted by molar-refractivity contribution is 5.98. The van der Waals surface area contributed by atoms with Gasteiger partial charge in [0.25, 0.3) is 0 Å². The molecule has 0 amide bonds. The summed E-state index contributed by atoms with van der Waals surface area (Å²) in [5, 5.41) is 0. The van der Waals surface area contributed by atoms with Gasteiger partial charge in [0.2, 0.25) is 0 Å². The highest BCUT2D eigenvalue weighted by atomic mass is 16.1. The van der Waals surface area contributed by atoms with Gasteiger partial charge >= 0.3 is 0 Å². The molecule has 0 aliphatic carbocycles. The fourth-order valence-corrected chi connectivity index (χ4v) is 3.13. The van der Waals surface area contributed by atoms with Crippen molar-refractivity contribution in [3.05, 3.63) is 59.2 Å². The summed E-state index contributed by atoms with van der Waals surface area (Å²) in [5.41, 5.74) is 3.83. The predicted molar refractivity (Wildman–Crippen MR) is 106 cm³/mol. The SMILES string of the molecule is Cc1nc2cc(CCC(=O)c3cccc(C(=O)CC(C)C)n3)ccc2n1C. The lowest BCUT2D eigenvalue weighted by Crippen LogP contribution is -2.10. The van der Waals surface area contributed by atoms with Crippen LogP contribution in [0.15, 0.2) is 36.4 Å². The average molecular weight is 363 g/mol. The van der Waals surface area contributed by atoms with Crippen molar-refractivity contribution < 1.29 is 9.59 Å². The second-order valence-electron chi connectivity index (χ2n) is 7.39. The number of carbonyl (C=O) groups is 2. The number of hydrogen-bond acceptors (Lipinski definition) is 4. The van der Waals surface area contributed by atoms with E-state index in [1.54, 1.807) is 18.2 Å². The fourth-order valence-electron chi connectivity index (χ4n) is 3.13. The number of fused-ring (bicyclic) bond motifs is 1. The number of benzene rings is 1. The number of ketones is 2. The molecule has 0 unspecified atom stereocenters. The van der Waals surface area contributed by atoms with E-state index in [1.807, 2.05) is 50.6 Å². The van der Waals surface area contributed by atoms with Crippen LogP contribution in [-0.4, -0.2) is 26.1 Å². The first kappa shape index (κ1) is 19.0. The molecule has 0 saturated heterocycles. The largest absolute Gasteiger partial charge is 0.331 e. The van der Waals surface area contributed by atoms with E-state index in [9.17, 15) is 9.59 Å². The Labute approximate surface area is 159 Å². The first-order valence-electron chi connectivity index (χ1n) is 9.30. The van der Waals surface area contributed by atoms with Crippen LogP contribution < -0.4 is 0 Å². The summed E-state index contributed by atoms with van der Waals surface area (Å²) in [6, 6.07) is 11.2. The molecule has 3 aromatic rings. The van der Waals surface area contributed by atoms with Crippen LogP contribution in [0, 0.1) is 12.8 Å². The third kappa shape index (κ3) is 4.30. The first-order chi connectivity index (χ1) is 12.8. The molecule has 0 N–H and O–H groups in total. The molecule has 2 heterocycles. The van der Waals surface area contributed by atoms with Gasteiger partial charge in [-0.15, -0.1) is 0 Å². The number of rotatable bonds is 7. The summed E-state index contributed by atoms with van der Waals surface area (Å²) in [6.45, 7) is 5.96. The monoisotopic (exact) mass is 363 g/mol. The number of Topliss-reactive ketones (excluding diaryl/α,β-unsaturated/α-hetero) is 2. The zero-order valence-corrected chi connectivity index (χ0v) is 16.3. The Hall–Kier alpha value is -2.82. The van der Waals surface area contributed by atoms with Crippen molar-refractivity contribution in [1.82, 2.24) is 14.5 Å². The lowest BCUT2D eigenvalue weighted by atomic mass is 10.0. The van der Waals surface area contributed by atoms with Crippen LogP contribution in [0.1, 0.15) is 59.1 Å². The maximum Gasteiger partial charge on any atom is 0.181 e. The van der Waals surface area contributed by atoms with Crippen LogP contribution >= 0.6 is 0 Å². The highest BCUT2D eigenvalue weighted by Gasteiger charge is 2.14. The number of pyridine rings is 1. The van der Waals surface area contributed by atoms with E-state index in [1.165, 1.54) is 0 Å². The molecule has 0 saturated carbocycles. The summed E-state index contributed by atoms with van der Waals surface area (Å²) in [7, 11) is 1.99. The topological polar surface area (TPSA) is 64.8 Å². The van der Waals surface area contributed by atoms with Gasteiger partial charge in [0, 0.05) is 19.9 Å². The van der Waals surface area contributed by atoms with Crippen molar-refractivity contribution in [3.8, 4) is 0 Å². The fraction of sp³-hybridized carbons (Fsp3) is 0.364. The summed E-state index contributed by atoms with van der Waals surface area (Å²) >= 11 is 0. The molecule has 3 rings (SSSR count). The molecule has 1 aromatic carbocycles. The van der Waals surface area contributed by atoms with Crippen molar-refractivity contribution in [2.24, 2.45) is 13.0 Å². The van der Waals surface area contributed by atoms with Crippen LogP contribution in [0.25, 0.3) is 11.0 Å². The van der Waals surface area contributed by atoms with Crippen LogP contribution in [-0.2, 0) is 13.5 Å². The molecule has 27 heavy (non-hydrogen) atoms. The Morgan fingerprint density at radius 2 is 1.74 bits per heavy atom. The Kier molecular flexibility index (Phi) is 5.49. The normalized spacial score (nSPS) is 11.3. The Morgan fingerprint density at radius 3 is 2.44 bits per heavy atom. The van der Waals surface area contributed by atoms with E-state index < -0.39 is 0 Å². The summed E-state index contributed by atoms with van der Waals surface area (Å²) in [4.78, 5) is 33.6. The lowest BCUT2D eigenvalue weighted by molar-refractivity contribution is 0.0962. The maximum absolute atomic E-state index is 12.5. The maximum atomic E-state index is 12.5. The summed E-state index contributed by atoms with van der Waals surface area (Å²) in [5.74, 6) is 1.16. The molecule has 0 bridgehead atoms. The van der Waals surface area contributed by atoms with E-state index >= 15 is 0 Å². The molecular formula is C22H25N3O2. The minimum Gasteiger partial charge on any atom is -0.331 e. The van der Waals surface area contributed by atoms with Gasteiger partial charge in [0.05, 0.1) is 11.0 Å². The molecule has 0 atom stereocenters. The lowest BCUT2D eigenvalue weighted by Gasteiger charge is -2.06. The van der Waals surface area contributed by atoms with Crippen molar-refractivity contribution >= 4 is 22.6 Å². The Morgan fingerprint density at radius 1 is 1.04 bits per heavy atom. The van der Waals surface area contributed by atoms with Crippen LogP contribution in [0.5, 0.6) is 0 Å². The molecule has 0 aliphatic heterocycles. The zero-order chi connectivity index (χ0) is 19.6. The van der Waals surface area contributed by atoms with E-state index in [-0.39, 0.29) is 17.5 Å². The van der Waals surface area contributed by atoms with Gasteiger partial charge in [0.1, 0.15) is 17.2 Å². The third-order valence-corrected chi connectivity index (χ3v) is 4.72. The van der Waals surface area contributed by atoms with Crippen molar-refractivity contribution in [2.45, 2.75) is 40.0 Å². The van der Waals surface area contributed by atoms with Gasteiger partial charge in [-0.2, -0.15) is 0 Å². The number of hydrogen-bond donors (Lipinski definition) is 0. The Balaban J connectivity index is 1.70. The number of aryl methyl sites for hydroxylation is 3. The van der Waals surface area contributed by atoms with Crippen LogP contribution in [0.2, 0.25) is 0 Å². The van der Waals surface area contributed by atoms with Gasteiger partial charge in [0.15, 0.2) is 11.6 Å². The number of aromatic nitrogens is 3. The Bertz CT molecular complexity index is 1000. The van der Waals surface area contributed by atoms with Crippen molar-refractivity contribution in [2.75, 3.05) is 0 Å². The molecule has 0 fully saturated rings. The molecule has 2 aromatic heterocycles. The van der Waals surface area contributed by atoms with Gasteiger partial charge in [-0.05, 0) is 49.1 Å². The second-order valence-corrected chi connectivity index (χ2v) is 7.39. The summed E-state index contributed by atoms with van der Waals surface area (Å²) in [6.07, 6.45) is 1.41. The minimum atomic E-state index is -0.0495. The van der Waals surface area contributed by atoms with Crippen molar-refractivity contribution in [3.63, 3.8) is 0 Å². The highest BCUT2D eigenvalue weighted by Crippen LogP contribution is 2.18. The van der Waals surface area contributed by atoms with E-state index in [0.717, 1.165) is 22.4 Å². The zero-order valence-electron chi connectivity index (χ0n) is 16.3. The van der Waals surface area contributed by atoms with Gasteiger partial charge in [-0.25, -0.2) is 9.97 Å². The number of imidazole rings is 1. The van der Waals surface area contributed by atoms with E-state index in [0.29, 0.717) is 30.7 Å². The van der Waals surface area contributed by atoms with Gasteiger partial charge < -0.3 is 4.57 Å². The molecule has 0 spiro atoms. The molecule has 5 heteroatoms. The molecule has 140 valence electrons. The van der Waals surface area contributed by atoms with Gasteiger partial charge in [-0.1, -0.05) is 26.0 Å².